The number of nitrogen functional groups attached to an aromatic ring is 1. The summed E-state index contributed by atoms with van der Waals surface area (Å²) in [6.07, 6.45) is 2.06. The van der Waals surface area contributed by atoms with E-state index in [-0.39, 0.29) is 6.03 Å². The molecule has 5 heteroatoms. The quantitative estimate of drug-likeness (QED) is 0.759. The van der Waals surface area contributed by atoms with Crippen molar-refractivity contribution in [2.45, 2.75) is 19.8 Å². The zero-order valence-electron chi connectivity index (χ0n) is 11.0. The monoisotopic (exact) mass is 258 g/mol. The number of nitriles is 1. The molecule has 1 heterocycles. The van der Waals surface area contributed by atoms with Crippen molar-refractivity contribution in [2.75, 3.05) is 24.1 Å². The van der Waals surface area contributed by atoms with Gasteiger partial charge in [-0.3, -0.25) is 0 Å². The fourth-order valence-corrected chi connectivity index (χ4v) is 2.17. The molecule has 1 fully saturated rings. The molecule has 19 heavy (non-hydrogen) atoms. The number of piperidine rings is 1. The topological polar surface area (TPSA) is 82.2 Å². The summed E-state index contributed by atoms with van der Waals surface area (Å²) in [5.41, 5.74) is 7.03. The molecule has 0 atom stereocenters. The number of nitrogens with zero attached hydrogens (tertiary/aromatic N) is 2. The fourth-order valence-electron chi connectivity index (χ4n) is 2.17. The van der Waals surface area contributed by atoms with Crippen molar-refractivity contribution < 1.29 is 4.79 Å². The third-order valence-corrected chi connectivity index (χ3v) is 3.48. The average molecular weight is 258 g/mol. The first kappa shape index (κ1) is 13.2. The van der Waals surface area contributed by atoms with E-state index in [4.69, 9.17) is 11.0 Å². The van der Waals surface area contributed by atoms with Crippen LogP contribution in [-0.2, 0) is 0 Å². The van der Waals surface area contributed by atoms with Gasteiger partial charge in [-0.2, -0.15) is 5.26 Å². The molecule has 2 amide bonds. The Morgan fingerprint density at radius 3 is 2.79 bits per heavy atom. The molecule has 0 aliphatic carbocycles. The highest BCUT2D eigenvalue weighted by Crippen LogP contribution is 2.20. The van der Waals surface area contributed by atoms with Crippen molar-refractivity contribution in [3.63, 3.8) is 0 Å². The molecular weight excluding hydrogens is 240 g/mol. The van der Waals surface area contributed by atoms with E-state index in [0.717, 1.165) is 25.9 Å². The van der Waals surface area contributed by atoms with Crippen molar-refractivity contribution in [1.29, 1.82) is 5.26 Å². The van der Waals surface area contributed by atoms with Gasteiger partial charge in [0.25, 0.3) is 0 Å². The molecule has 100 valence electrons. The molecule has 1 aliphatic rings. The molecule has 5 nitrogen and oxygen atoms in total. The first-order valence-corrected chi connectivity index (χ1v) is 6.45. The fraction of sp³-hybridized carbons (Fsp3) is 0.429. The molecule has 1 aromatic rings. The summed E-state index contributed by atoms with van der Waals surface area (Å²) in [5.74, 6) is 0.676. The molecule has 0 spiro atoms. The van der Waals surface area contributed by atoms with Crippen LogP contribution >= 0.6 is 0 Å². The number of amides is 2. The second-order valence-corrected chi connectivity index (χ2v) is 5.02. The molecule has 1 aromatic carbocycles. The number of nitrogens with one attached hydrogen (secondary N) is 1. The third kappa shape index (κ3) is 3.16. The zero-order chi connectivity index (χ0) is 13.8. The standard InChI is InChI=1S/C14H18N4O/c1-10-4-6-18(7-5-10)14(19)17-13-3-2-12(16)8-11(13)9-15/h2-3,8,10H,4-7,16H2,1H3,(H,17,19). The maximum atomic E-state index is 12.1. The van der Waals surface area contributed by atoms with E-state index in [0.29, 0.717) is 22.9 Å². The van der Waals surface area contributed by atoms with Crippen molar-refractivity contribution in [3.8, 4) is 6.07 Å². The van der Waals surface area contributed by atoms with Crippen molar-refractivity contribution in [3.05, 3.63) is 23.8 Å². The van der Waals surface area contributed by atoms with Gasteiger partial charge in [0.05, 0.1) is 11.3 Å². The van der Waals surface area contributed by atoms with Gasteiger partial charge in [0, 0.05) is 18.8 Å². The molecular formula is C14H18N4O. The average Bonchev–Trinajstić information content (AvgIpc) is 2.41. The van der Waals surface area contributed by atoms with Crippen LogP contribution in [0.4, 0.5) is 16.2 Å². The Bertz CT molecular complexity index is 513. The van der Waals surface area contributed by atoms with E-state index in [2.05, 4.69) is 12.2 Å². The lowest BCUT2D eigenvalue weighted by Gasteiger charge is -2.30. The molecule has 0 aromatic heterocycles. The minimum Gasteiger partial charge on any atom is -0.399 e. The Kier molecular flexibility index (Phi) is 3.91. The lowest BCUT2D eigenvalue weighted by Crippen LogP contribution is -2.40. The normalized spacial score (nSPS) is 15.9. The van der Waals surface area contributed by atoms with Gasteiger partial charge in [-0.05, 0) is 37.0 Å². The van der Waals surface area contributed by atoms with E-state index in [1.165, 1.54) is 0 Å². The van der Waals surface area contributed by atoms with Gasteiger partial charge in [0.15, 0.2) is 0 Å². The van der Waals surface area contributed by atoms with Gasteiger partial charge in [0.2, 0.25) is 0 Å². The number of hydrogen-bond donors (Lipinski definition) is 2. The maximum Gasteiger partial charge on any atom is 0.321 e. The van der Waals surface area contributed by atoms with Crippen LogP contribution in [0, 0.1) is 17.2 Å². The summed E-state index contributed by atoms with van der Waals surface area (Å²) in [7, 11) is 0. The van der Waals surface area contributed by atoms with Crippen LogP contribution in [0.1, 0.15) is 25.3 Å². The summed E-state index contributed by atoms with van der Waals surface area (Å²) in [6.45, 7) is 3.73. The first-order chi connectivity index (χ1) is 9.10. The van der Waals surface area contributed by atoms with Gasteiger partial charge in [-0.15, -0.1) is 0 Å². The highest BCUT2D eigenvalue weighted by Gasteiger charge is 2.20. The van der Waals surface area contributed by atoms with Crippen molar-refractivity contribution in [1.82, 2.24) is 4.90 Å². The Morgan fingerprint density at radius 1 is 1.47 bits per heavy atom. The van der Waals surface area contributed by atoms with Crippen LogP contribution in [0.15, 0.2) is 18.2 Å². The predicted octanol–water partition coefficient (Wildman–Crippen LogP) is 2.40. The number of anilines is 2. The van der Waals surface area contributed by atoms with Crippen molar-refractivity contribution in [2.24, 2.45) is 5.92 Å². The summed E-state index contributed by atoms with van der Waals surface area (Å²) >= 11 is 0. The summed E-state index contributed by atoms with van der Waals surface area (Å²) < 4.78 is 0. The highest BCUT2D eigenvalue weighted by molar-refractivity contribution is 5.91. The van der Waals surface area contributed by atoms with Crippen LogP contribution in [0.3, 0.4) is 0 Å². The summed E-state index contributed by atoms with van der Waals surface area (Å²) in [4.78, 5) is 13.9. The van der Waals surface area contributed by atoms with Crippen LogP contribution in [0.25, 0.3) is 0 Å². The van der Waals surface area contributed by atoms with E-state index in [1.807, 2.05) is 6.07 Å². The van der Waals surface area contributed by atoms with E-state index in [1.54, 1.807) is 23.1 Å². The minimum atomic E-state index is -0.145. The van der Waals surface area contributed by atoms with Crippen LogP contribution in [-0.4, -0.2) is 24.0 Å². The van der Waals surface area contributed by atoms with Crippen LogP contribution in [0.2, 0.25) is 0 Å². The van der Waals surface area contributed by atoms with Gasteiger partial charge < -0.3 is 16.0 Å². The predicted molar refractivity (Wildman–Crippen MR) is 74.6 cm³/mol. The first-order valence-electron chi connectivity index (χ1n) is 6.45. The van der Waals surface area contributed by atoms with Gasteiger partial charge in [-0.25, -0.2) is 4.79 Å². The number of urea groups is 1. The Labute approximate surface area is 113 Å². The molecule has 0 saturated carbocycles. The number of rotatable bonds is 1. The molecule has 0 radical (unpaired) electrons. The van der Waals surface area contributed by atoms with E-state index >= 15 is 0 Å². The minimum absolute atomic E-state index is 0.145. The molecule has 0 bridgehead atoms. The third-order valence-electron chi connectivity index (χ3n) is 3.48. The Balaban J connectivity index is 2.05. The summed E-state index contributed by atoms with van der Waals surface area (Å²) in [6, 6.07) is 6.80. The van der Waals surface area contributed by atoms with Crippen LogP contribution < -0.4 is 11.1 Å². The molecule has 2 rings (SSSR count). The lowest BCUT2D eigenvalue weighted by atomic mass is 10.00. The molecule has 1 aliphatic heterocycles. The molecule has 0 unspecified atom stereocenters. The van der Waals surface area contributed by atoms with Gasteiger partial charge in [0.1, 0.15) is 6.07 Å². The van der Waals surface area contributed by atoms with Gasteiger partial charge in [-0.1, -0.05) is 6.92 Å². The SMILES string of the molecule is CC1CCN(C(=O)Nc2ccc(N)cc2C#N)CC1. The summed E-state index contributed by atoms with van der Waals surface area (Å²) in [5, 5.41) is 11.8. The van der Waals surface area contributed by atoms with E-state index in [9.17, 15) is 4.79 Å². The molecule has 1 saturated heterocycles. The number of carbonyl (C=O) groups is 1. The second kappa shape index (κ2) is 5.61. The Hall–Kier alpha value is -2.22. The van der Waals surface area contributed by atoms with Gasteiger partial charge >= 0.3 is 6.03 Å². The largest absolute Gasteiger partial charge is 0.399 e. The number of hydrogen-bond acceptors (Lipinski definition) is 3. The van der Waals surface area contributed by atoms with Crippen molar-refractivity contribution >= 4 is 17.4 Å². The maximum absolute atomic E-state index is 12.1. The smallest absolute Gasteiger partial charge is 0.321 e. The lowest BCUT2D eigenvalue weighted by molar-refractivity contribution is 0.186. The number of nitrogens with two attached hydrogens (primary N) is 1. The Morgan fingerprint density at radius 2 is 2.16 bits per heavy atom. The second-order valence-electron chi connectivity index (χ2n) is 5.02. The molecule has 3 N–H and O–H groups in total. The number of likely N-dealkylation sites (tertiary alicyclic amines) is 1. The number of carbonyl (C=O) groups excluding carboxylic acids is 1. The zero-order valence-corrected chi connectivity index (χ0v) is 11.0. The highest BCUT2D eigenvalue weighted by atomic mass is 16.2. The number of benzene rings is 1. The van der Waals surface area contributed by atoms with E-state index < -0.39 is 0 Å². The van der Waals surface area contributed by atoms with Crippen LogP contribution in [0.5, 0.6) is 0 Å².